The summed E-state index contributed by atoms with van der Waals surface area (Å²) in [6, 6.07) is 5.31. The molecule has 1 aliphatic carbocycles. The summed E-state index contributed by atoms with van der Waals surface area (Å²) < 4.78 is 0. The molecule has 2 atom stereocenters. The predicted octanol–water partition coefficient (Wildman–Crippen LogP) is 3.17. The largest absolute Gasteiger partial charge is 0.481 e. The van der Waals surface area contributed by atoms with Gasteiger partial charge in [0.1, 0.15) is 5.40 Å². The molecule has 5 nitrogen and oxygen atoms in total. The molecule has 0 saturated carbocycles. The summed E-state index contributed by atoms with van der Waals surface area (Å²) in [4.78, 5) is 24.4. The quantitative estimate of drug-likeness (QED) is 0.506. The molecule has 0 aliphatic heterocycles. The van der Waals surface area contributed by atoms with Gasteiger partial charge in [0.05, 0.1) is 11.8 Å². The van der Waals surface area contributed by atoms with Crippen molar-refractivity contribution < 1.29 is 14.7 Å². The van der Waals surface area contributed by atoms with E-state index < -0.39 is 17.8 Å². The fourth-order valence-corrected chi connectivity index (χ4v) is 2.97. The third kappa shape index (κ3) is 3.68. The number of carboxylic acids is 1. The predicted molar refractivity (Wildman–Crippen MR) is 84.3 cm³/mol. The Morgan fingerprint density at radius 3 is 2.59 bits per heavy atom. The second-order valence-electron chi connectivity index (χ2n) is 5.15. The van der Waals surface area contributed by atoms with Crippen LogP contribution >= 0.6 is 11.8 Å². The van der Waals surface area contributed by atoms with Crippen molar-refractivity contribution in [2.75, 3.05) is 5.32 Å². The first-order chi connectivity index (χ1) is 10.5. The summed E-state index contributed by atoms with van der Waals surface area (Å²) in [5, 5.41) is 22.7. The Labute approximate surface area is 133 Å². The number of carbonyl (C=O) groups excluding carboxylic acids is 1. The van der Waals surface area contributed by atoms with Crippen molar-refractivity contribution in [2.45, 2.75) is 24.7 Å². The first-order valence-electron chi connectivity index (χ1n) is 6.88. The van der Waals surface area contributed by atoms with Gasteiger partial charge in [-0.25, -0.2) is 0 Å². The van der Waals surface area contributed by atoms with Gasteiger partial charge >= 0.3 is 5.97 Å². The highest BCUT2D eigenvalue weighted by atomic mass is 32.2. The van der Waals surface area contributed by atoms with Crippen molar-refractivity contribution in [3.63, 3.8) is 0 Å². The van der Waals surface area contributed by atoms with Crippen LogP contribution in [0.15, 0.2) is 35.2 Å². The lowest BCUT2D eigenvalue weighted by molar-refractivity contribution is -0.146. The number of hydrogen-bond donors (Lipinski definition) is 2. The molecule has 0 fully saturated rings. The van der Waals surface area contributed by atoms with E-state index in [0.29, 0.717) is 18.5 Å². The Kier molecular flexibility index (Phi) is 5.23. The van der Waals surface area contributed by atoms with E-state index in [9.17, 15) is 14.7 Å². The molecule has 22 heavy (non-hydrogen) atoms. The van der Waals surface area contributed by atoms with Gasteiger partial charge in [0.25, 0.3) is 0 Å². The van der Waals surface area contributed by atoms with E-state index in [0.717, 1.165) is 22.2 Å². The van der Waals surface area contributed by atoms with Gasteiger partial charge in [0.15, 0.2) is 0 Å². The van der Waals surface area contributed by atoms with E-state index in [4.69, 9.17) is 5.26 Å². The number of carboxylic acid groups (broad SMARTS) is 1. The molecule has 0 unspecified atom stereocenters. The third-order valence-electron chi connectivity index (χ3n) is 3.71. The molecular weight excluding hydrogens is 300 g/mol. The fraction of sp³-hybridized carbons (Fsp3) is 0.312. The smallest absolute Gasteiger partial charge is 0.307 e. The SMILES string of the molecule is Cc1cc(SC#N)ccc1NC(=O)[C@H]1CC=CC[C@@H]1C(=O)O. The average molecular weight is 316 g/mol. The summed E-state index contributed by atoms with van der Waals surface area (Å²) >= 11 is 1.06. The van der Waals surface area contributed by atoms with Crippen LogP contribution in [0.5, 0.6) is 0 Å². The topological polar surface area (TPSA) is 90.2 Å². The zero-order valence-electron chi connectivity index (χ0n) is 12.1. The standard InChI is InChI=1S/C16H16N2O3S/c1-10-8-11(22-9-17)6-7-14(10)18-15(19)12-4-2-3-5-13(12)16(20)21/h2-3,6-8,12-13H,4-5H2,1H3,(H,18,19)(H,20,21)/t12-,13-/m0/s1. The maximum Gasteiger partial charge on any atom is 0.307 e. The first-order valence-corrected chi connectivity index (χ1v) is 7.70. The lowest BCUT2D eigenvalue weighted by atomic mass is 9.82. The Morgan fingerprint density at radius 2 is 2.00 bits per heavy atom. The number of anilines is 1. The van der Waals surface area contributed by atoms with Gasteiger partial charge in [0, 0.05) is 10.6 Å². The molecular formula is C16H16N2O3S. The molecule has 0 radical (unpaired) electrons. The minimum Gasteiger partial charge on any atom is -0.481 e. The number of rotatable bonds is 4. The van der Waals surface area contributed by atoms with E-state index in [2.05, 4.69) is 5.32 Å². The number of benzene rings is 1. The molecule has 1 aliphatic rings. The van der Waals surface area contributed by atoms with Crippen LogP contribution in [0.4, 0.5) is 5.69 Å². The number of nitriles is 1. The Balaban J connectivity index is 2.13. The minimum absolute atomic E-state index is 0.277. The van der Waals surface area contributed by atoms with Crippen molar-refractivity contribution in [1.29, 1.82) is 5.26 Å². The van der Waals surface area contributed by atoms with E-state index >= 15 is 0 Å². The second-order valence-corrected chi connectivity index (χ2v) is 6.01. The molecule has 6 heteroatoms. The number of nitrogens with zero attached hydrogens (tertiary/aromatic N) is 1. The van der Waals surface area contributed by atoms with Crippen LogP contribution in [0.1, 0.15) is 18.4 Å². The van der Waals surface area contributed by atoms with Crippen LogP contribution in [0.2, 0.25) is 0 Å². The molecule has 2 N–H and O–H groups in total. The van der Waals surface area contributed by atoms with Crippen LogP contribution in [0.3, 0.4) is 0 Å². The molecule has 0 spiro atoms. The van der Waals surface area contributed by atoms with E-state index in [-0.39, 0.29) is 5.91 Å². The second kappa shape index (κ2) is 7.14. The maximum atomic E-state index is 12.4. The lowest BCUT2D eigenvalue weighted by Crippen LogP contribution is -2.34. The molecule has 1 aromatic rings. The van der Waals surface area contributed by atoms with Crippen LogP contribution in [0.25, 0.3) is 0 Å². The number of nitrogens with one attached hydrogen (secondary N) is 1. The number of amides is 1. The van der Waals surface area contributed by atoms with E-state index in [1.54, 1.807) is 12.1 Å². The highest BCUT2D eigenvalue weighted by Gasteiger charge is 2.34. The molecule has 0 aromatic heterocycles. The molecule has 1 aromatic carbocycles. The summed E-state index contributed by atoms with van der Waals surface area (Å²) in [6.07, 6.45) is 4.47. The lowest BCUT2D eigenvalue weighted by Gasteiger charge is -2.24. The minimum atomic E-state index is -0.943. The number of aryl methyl sites for hydroxylation is 1. The van der Waals surface area contributed by atoms with Gasteiger partial charge in [0.2, 0.25) is 5.91 Å². The number of hydrogen-bond acceptors (Lipinski definition) is 4. The Hall–Kier alpha value is -2.26. The van der Waals surface area contributed by atoms with Gasteiger partial charge in [-0.2, -0.15) is 5.26 Å². The molecule has 1 amide bonds. The highest BCUT2D eigenvalue weighted by Crippen LogP contribution is 2.29. The third-order valence-corrected chi connectivity index (χ3v) is 4.29. The molecule has 114 valence electrons. The van der Waals surface area contributed by atoms with Crippen LogP contribution < -0.4 is 5.32 Å². The Morgan fingerprint density at radius 1 is 1.32 bits per heavy atom. The molecule has 0 heterocycles. The number of aliphatic carboxylic acids is 1. The van der Waals surface area contributed by atoms with Crippen molar-refractivity contribution in [1.82, 2.24) is 0 Å². The maximum absolute atomic E-state index is 12.4. The fourth-order valence-electron chi connectivity index (χ4n) is 2.49. The first kappa shape index (κ1) is 16.1. The van der Waals surface area contributed by atoms with Crippen molar-refractivity contribution >= 4 is 29.3 Å². The zero-order valence-corrected chi connectivity index (χ0v) is 12.9. The van der Waals surface area contributed by atoms with Crippen molar-refractivity contribution in [3.8, 4) is 5.40 Å². The molecule has 2 rings (SSSR count). The van der Waals surface area contributed by atoms with Gasteiger partial charge in [-0.3, -0.25) is 9.59 Å². The molecule has 0 saturated heterocycles. The summed E-state index contributed by atoms with van der Waals surface area (Å²) in [5.41, 5.74) is 1.48. The summed E-state index contributed by atoms with van der Waals surface area (Å²) in [5.74, 6) is -2.46. The number of thioether (sulfide) groups is 1. The van der Waals surface area contributed by atoms with Crippen LogP contribution in [-0.2, 0) is 9.59 Å². The highest BCUT2D eigenvalue weighted by molar-refractivity contribution is 8.03. The van der Waals surface area contributed by atoms with Crippen molar-refractivity contribution in [2.24, 2.45) is 11.8 Å². The molecule has 0 bridgehead atoms. The average Bonchev–Trinajstić information content (AvgIpc) is 2.50. The van der Waals surface area contributed by atoms with Crippen LogP contribution in [0, 0.1) is 29.4 Å². The van der Waals surface area contributed by atoms with Gasteiger partial charge in [-0.1, -0.05) is 12.2 Å². The van der Waals surface area contributed by atoms with Gasteiger partial charge in [-0.05, 0) is 55.3 Å². The van der Waals surface area contributed by atoms with Gasteiger partial charge in [-0.15, -0.1) is 0 Å². The van der Waals surface area contributed by atoms with Crippen LogP contribution in [-0.4, -0.2) is 17.0 Å². The summed E-state index contributed by atoms with van der Waals surface area (Å²) in [7, 11) is 0. The number of carbonyl (C=O) groups is 2. The van der Waals surface area contributed by atoms with E-state index in [1.807, 2.05) is 30.5 Å². The zero-order chi connectivity index (χ0) is 16.1. The monoisotopic (exact) mass is 316 g/mol. The number of thiocyanates is 1. The van der Waals surface area contributed by atoms with E-state index in [1.165, 1.54) is 0 Å². The Bertz CT molecular complexity index is 664. The van der Waals surface area contributed by atoms with Crippen molar-refractivity contribution in [3.05, 3.63) is 35.9 Å². The van der Waals surface area contributed by atoms with Gasteiger partial charge < -0.3 is 10.4 Å². The normalized spacial score (nSPS) is 20.2. The number of allylic oxidation sites excluding steroid dienone is 2. The summed E-state index contributed by atoms with van der Waals surface area (Å²) in [6.45, 7) is 1.84.